The predicted octanol–water partition coefficient (Wildman–Crippen LogP) is 7.56. The Morgan fingerprint density at radius 2 is 1.55 bits per heavy atom. The van der Waals surface area contributed by atoms with Crippen LogP contribution >= 0.6 is 18.6 Å². The van der Waals surface area contributed by atoms with E-state index in [1.165, 1.54) is 33.1 Å². The van der Waals surface area contributed by atoms with Crippen molar-refractivity contribution in [2.24, 2.45) is 5.92 Å². The van der Waals surface area contributed by atoms with Crippen molar-refractivity contribution in [3.8, 4) is 0 Å². The molecule has 1 atom stereocenters. The molecule has 1 N–H and O–H groups in total. The molecular formula is C25H25Cl2OTi-. The van der Waals surface area contributed by atoms with Gasteiger partial charge in [-0.25, -0.2) is 0 Å². The molecule has 1 aliphatic rings. The summed E-state index contributed by atoms with van der Waals surface area (Å²) in [7, 11) is 9.78. The molecular weight excluding hydrogens is 435 g/mol. The van der Waals surface area contributed by atoms with Crippen LogP contribution in [0.5, 0.6) is 0 Å². The van der Waals surface area contributed by atoms with Crippen LogP contribution in [0.4, 0.5) is 0 Å². The Hall–Kier alpha value is -1.35. The minimum absolute atomic E-state index is 0.140. The first-order chi connectivity index (χ1) is 14.0. The molecule has 0 saturated heterocycles. The Bertz CT molecular complexity index is 980. The summed E-state index contributed by atoms with van der Waals surface area (Å²) in [5.74, 6) is 0.502. The molecule has 0 amide bonds. The van der Waals surface area contributed by atoms with E-state index in [2.05, 4.69) is 69.3 Å². The molecule has 0 aliphatic heterocycles. The Balaban J connectivity index is 0.000000228. The second kappa shape index (κ2) is 12.4. The molecule has 4 heteroatoms. The number of aliphatic hydroxyl groups excluding tert-OH is 1. The average Bonchev–Trinajstić information content (AvgIpc) is 3.00. The Morgan fingerprint density at radius 3 is 2.10 bits per heavy atom. The molecule has 1 unspecified atom stereocenters. The molecule has 29 heavy (non-hydrogen) atoms. The van der Waals surface area contributed by atoms with Gasteiger partial charge in [0, 0.05) is 0 Å². The van der Waals surface area contributed by atoms with Gasteiger partial charge in [0.2, 0.25) is 0 Å². The fourth-order valence-electron chi connectivity index (χ4n) is 3.44. The van der Waals surface area contributed by atoms with Gasteiger partial charge in [-0.3, -0.25) is 0 Å². The molecule has 3 aromatic carbocycles. The summed E-state index contributed by atoms with van der Waals surface area (Å²) in [6.45, 7) is 6.81. The summed E-state index contributed by atoms with van der Waals surface area (Å²) in [6, 6.07) is 25.9. The van der Waals surface area contributed by atoms with Gasteiger partial charge in [0.15, 0.2) is 0 Å². The van der Waals surface area contributed by atoms with E-state index in [1.54, 1.807) is 0 Å². The van der Waals surface area contributed by atoms with Gasteiger partial charge in [-0.1, -0.05) is 83.6 Å². The van der Waals surface area contributed by atoms with Gasteiger partial charge in [-0.15, -0.1) is 35.2 Å². The number of allylic oxidation sites excluding steroid dienone is 4. The van der Waals surface area contributed by atoms with Crippen LogP contribution in [0, 0.1) is 12.0 Å². The third-order valence-electron chi connectivity index (χ3n) is 4.93. The molecule has 1 nitrogen and oxygen atoms in total. The summed E-state index contributed by atoms with van der Waals surface area (Å²) in [5.41, 5.74) is 6.45. The van der Waals surface area contributed by atoms with Gasteiger partial charge in [0.25, 0.3) is 0 Å². The van der Waals surface area contributed by atoms with Crippen molar-refractivity contribution in [2.45, 2.75) is 27.4 Å². The zero-order valence-corrected chi connectivity index (χ0v) is 20.0. The second-order valence-corrected chi connectivity index (χ2v) is 9.43. The normalized spacial score (nSPS) is 15.1. The van der Waals surface area contributed by atoms with Gasteiger partial charge in [-0.2, -0.15) is 0 Å². The SMILES string of the molecule is CC1=CC(C)C(c2[c-]c3ccccc3cc2)=C1C.OCc1ccccc1.[Cl][Ti][Cl]. The van der Waals surface area contributed by atoms with E-state index in [0.29, 0.717) is 5.92 Å². The maximum atomic E-state index is 8.54. The zero-order chi connectivity index (χ0) is 21.2. The van der Waals surface area contributed by atoms with E-state index >= 15 is 0 Å². The van der Waals surface area contributed by atoms with Crippen molar-refractivity contribution < 1.29 is 22.1 Å². The first-order valence-corrected chi connectivity index (χ1v) is 13.7. The van der Waals surface area contributed by atoms with Crippen molar-refractivity contribution in [2.75, 3.05) is 0 Å². The monoisotopic (exact) mass is 459 g/mol. The number of hydrogen-bond acceptors (Lipinski definition) is 1. The van der Waals surface area contributed by atoms with Crippen LogP contribution in [0.1, 0.15) is 31.9 Å². The van der Waals surface area contributed by atoms with Crippen LogP contribution in [-0.4, -0.2) is 5.11 Å². The summed E-state index contributed by atoms with van der Waals surface area (Å²) in [5, 5.41) is 11.0. The minimum atomic E-state index is -0.556. The van der Waals surface area contributed by atoms with E-state index in [4.69, 9.17) is 23.7 Å². The molecule has 0 aromatic heterocycles. The topological polar surface area (TPSA) is 20.2 Å². The maximum absolute atomic E-state index is 8.54. The predicted molar refractivity (Wildman–Crippen MR) is 122 cm³/mol. The van der Waals surface area contributed by atoms with E-state index in [9.17, 15) is 0 Å². The Kier molecular flexibility index (Phi) is 10.2. The van der Waals surface area contributed by atoms with Crippen molar-refractivity contribution in [1.82, 2.24) is 0 Å². The molecule has 0 radical (unpaired) electrons. The van der Waals surface area contributed by atoms with Crippen LogP contribution in [0.3, 0.4) is 0 Å². The Labute approximate surface area is 190 Å². The molecule has 0 bridgehead atoms. The van der Waals surface area contributed by atoms with Gasteiger partial charge in [0.05, 0.1) is 6.61 Å². The zero-order valence-electron chi connectivity index (χ0n) is 16.9. The van der Waals surface area contributed by atoms with Gasteiger partial charge < -0.3 is 5.11 Å². The number of rotatable bonds is 2. The summed E-state index contributed by atoms with van der Waals surface area (Å²) >= 11 is -0.556. The molecule has 1 aliphatic carbocycles. The second-order valence-electron chi connectivity index (χ2n) is 6.85. The van der Waals surface area contributed by atoms with E-state index < -0.39 is 17.0 Å². The number of aliphatic hydroxyl groups is 1. The van der Waals surface area contributed by atoms with Crippen LogP contribution in [0.15, 0.2) is 84.0 Å². The number of halogens is 2. The van der Waals surface area contributed by atoms with Crippen LogP contribution in [0.2, 0.25) is 0 Å². The third kappa shape index (κ3) is 6.84. The molecule has 4 rings (SSSR count). The van der Waals surface area contributed by atoms with Crippen LogP contribution in [-0.2, 0) is 23.6 Å². The molecule has 0 fully saturated rings. The first kappa shape index (κ1) is 23.9. The fourth-order valence-corrected chi connectivity index (χ4v) is 3.44. The molecule has 3 aromatic rings. The molecule has 0 spiro atoms. The van der Waals surface area contributed by atoms with E-state index in [1.807, 2.05) is 30.3 Å². The van der Waals surface area contributed by atoms with Gasteiger partial charge in [-0.05, 0) is 25.3 Å². The fraction of sp³-hybridized carbons (Fsp3) is 0.200. The van der Waals surface area contributed by atoms with Crippen molar-refractivity contribution >= 4 is 35.0 Å². The molecule has 0 heterocycles. The quantitative estimate of drug-likeness (QED) is 0.309. The Morgan fingerprint density at radius 1 is 0.931 bits per heavy atom. The van der Waals surface area contributed by atoms with Crippen molar-refractivity contribution in [3.05, 3.63) is 101 Å². The summed E-state index contributed by atoms with van der Waals surface area (Å²) < 4.78 is 0. The van der Waals surface area contributed by atoms with Crippen LogP contribution < -0.4 is 0 Å². The van der Waals surface area contributed by atoms with Gasteiger partial charge in [0.1, 0.15) is 0 Å². The van der Waals surface area contributed by atoms with E-state index in [-0.39, 0.29) is 6.61 Å². The van der Waals surface area contributed by atoms with Gasteiger partial charge >= 0.3 is 35.6 Å². The first-order valence-electron chi connectivity index (χ1n) is 9.43. The summed E-state index contributed by atoms with van der Waals surface area (Å²) in [6.07, 6.45) is 2.34. The standard InChI is InChI=1S/C18H17.C7H8O.2ClH.Ti/c1-12-10-13(2)18(14(12)3)17-9-8-15-6-4-5-7-16(15)11-17;8-6-7-4-2-1-3-5-7;;;/h4-10,13H,1-3H3;1-5,8H,6H2;2*1H;/q-1;;;;+2/p-2. The molecule has 150 valence electrons. The van der Waals surface area contributed by atoms with E-state index in [0.717, 1.165) is 5.56 Å². The summed E-state index contributed by atoms with van der Waals surface area (Å²) in [4.78, 5) is 0. The van der Waals surface area contributed by atoms with Crippen molar-refractivity contribution in [1.29, 1.82) is 0 Å². The van der Waals surface area contributed by atoms with Crippen molar-refractivity contribution in [3.63, 3.8) is 0 Å². The van der Waals surface area contributed by atoms with Crippen LogP contribution in [0.25, 0.3) is 16.3 Å². The molecule has 0 saturated carbocycles. The number of fused-ring (bicyclic) bond motifs is 1. The number of hydrogen-bond donors (Lipinski definition) is 1. The average molecular weight is 460 g/mol. The number of benzene rings is 3. The third-order valence-corrected chi connectivity index (χ3v) is 4.93.